The second-order valence-electron chi connectivity index (χ2n) is 7.53. The van der Waals surface area contributed by atoms with Crippen LogP contribution in [0.25, 0.3) is 16.8 Å². The standard InChI is InChI=1S/C26H16N4O2S2/c27-23-20(24(31)28-26-30(23)29-25(34-26)17-8-2-1-3-9-17)15-18-13-14-22(32-18)33-21-12-6-10-16-7-4-5-11-19(16)21/h1-15,27H/b20-15-,27-23?. The molecule has 3 aromatic carbocycles. The first-order valence-corrected chi connectivity index (χ1v) is 12.1. The summed E-state index contributed by atoms with van der Waals surface area (Å²) < 4.78 is 5.97. The Kier molecular flexibility index (Phi) is 5.16. The van der Waals surface area contributed by atoms with E-state index in [4.69, 9.17) is 9.83 Å². The third-order valence-corrected chi connectivity index (χ3v) is 7.28. The van der Waals surface area contributed by atoms with Gasteiger partial charge in [0.25, 0.3) is 5.91 Å². The zero-order chi connectivity index (χ0) is 23.1. The summed E-state index contributed by atoms with van der Waals surface area (Å²) in [4.78, 5) is 17.9. The van der Waals surface area contributed by atoms with Crippen LogP contribution < -0.4 is 0 Å². The molecule has 0 radical (unpaired) electrons. The van der Waals surface area contributed by atoms with Crippen LogP contribution >= 0.6 is 23.5 Å². The summed E-state index contributed by atoms with van der Waals surface area (Å²) in [6.07, 6.45) is 1.55. The molecule has 0 atom stereocenters. The summed E-state index contributed by atoms with van der Waals surface area (Å²) in [5, 5.41) is 18.6. The zero-order valence-corrected chi connectivity index (χ0v) is 19.3. The molecule has 0 saturated carbocycles. The number of amides is 1. The molecule has 8 heteroatoms. The van der Waals surface area contributed by atoms with Gasteiger partial charge in [-0.1, -0.05) is 78.5 Å². The number of rotatable bonds is 4. The van der Waals surface area contributed by atoms with Crippen molar-refractivity contribution in [3.8, 4) is 0 Å². The van der Waals surface area contributed by atoms with Crippen LogP contribution in [0.2, 0.25) is 0 Å². The number of hydrazone groups is 1. The number of fused-ring (bicyclic) bond motifs is 2. The quantitative estimate of drug-likeness (QED) is 0.349. The molecule has 6 nitrogen and oxygen atoms in total. The number of hydrogen-bond acceptors (Lipinski definition) is 6. The van der Waals surface area contributed by atoms with Crippen molar-refractivity contribution >= 4 is 62.3 Å². The molecule has 0 saturated heterocycles. The fourth-order valence-electron chi connectivity index (χ4n) is 3.69. The van der Waals surface area contributed by atoms with Gasteiger partial charge in [0, 0.05) is 10.5 Å². The van der Waals surface area contributed by atoms with E-state index < -0.39 is 5.91 Å². The highest BCUT2D eigenvalue weighted by Gasteiger charge is 2.36. The lowest BCUT2D eigenvalue weighted by molar-refractivity contribution is -0.114. The van der Waals surface area contributed by atoms with Crippen molar-refractivity contribution in [3.63, 3.8) is 0 Å². The predicted molar refractivity (Wildman–Crippen MR) is 137 cm³/mol. The number of furan rings is 1. The molecular formula is C26H16N4O2S2. The molecule has 2 aliphatic heterocycles. The molecule has 0 spiro atoms. The van der Waals surface area contributed by atoms with E-state index in [0.717, 1.165) is 21.2 Å². The minimum Gasteiger partial charge on any atom is -0.450 e. The van der Waals surface area contributed by atoms with Gasteiger partial charge in [-0.05, 0) is 46.8 Å². The Morgan fingerprint density at radius 1 is 0.941 bits per heavy atom. The highest BCUT2D eigenvalue weighted by Crippen LogP contribution is 2.35. The molecule has 0 aliphatic carbocycles. The van der Waals surface area contributed by atoms with E-state index in [2.05, 4.69) is 34.4 Å². The predicted octanol–water partition coefficient (Wildman–Crippen LogP) is 6.25. The van der Waals surface area contributed by atoms with Crippen molar-refractivity contribution in [2.45, 2.75) is 9.99 Å². The number of carbonyl (C=O) groups excluding carboxylic acids is 1. The van der Waals surface area contributed by atoms with Crippen LogP contribution in [0.5, 0.6) is 0 Å². The fraction of sp³-hybridized carbons (Fsp3) is 0. The minimum atomic E-state index is -0.479. The number of benzene rings is 3. The van der Waals surface area contributed by atoms with E-state index >= 15 is 0 Å². The summed E-state index contributed by atoms with van der Waals surface area (Å²) in [5.74, 6) is -0.0189. The SMILES string of the molecule is N=C1/C(=C/c2ccc(Sc3cccc4ccccc34)o2)C(=O)N=C2SC(c3ccccc3)=NN12. The monoisotopic (exact) mass is 480 g/mol. The van der Waals surface area contributed by atoms with Crippen molar-refractivity contribution in [1.29, 1.82) is 5.41 Å². The van der Waals surface area contributed by atoms with E-state index in [0.29, 0.717) is 21.1 Å². The molecular weight excluding hydrogens is 464 g/mol. The molecule has 34 heavy (non-hydrogen) atoms. The summed E-state index contributed by atoms with van der Waals surface area (Å²) in [6, 6.07) is 27.6. The molecule has 0 fully saturated rings. The van der Waals surface area contributed by atoms with Gasteiger partial charge < -0.3 is 4.42 Å². The average Bonchev–Trinajstić information content (AvgIpc) is 3.50. The normalized spacial score (nSPS) is 16.7. The summed E-state index contributed by atoms with van der Waals surface area (Å²) in [6.45, 7) is 0. The number of thioether (sulfide) groups is 1. The molecule has 1 amide bonds. The Hall–Kier alpha value is -3.88. The maximum Gasteiger partial charge on any atom is 0.283 e. The molecule has 2 aliphatic rings. The van der Waals surface area contributed by atoms with Crippen molar-refractivity contribution in [2.24, 2.45) is 10.1 Å². The Balaban J connectivity index is 1.27. The molecule has 0 unspecified atom stereocenters. The van der Waals surface area contributed by atoms with Crippen molar-refractivity contribution in [3.05, 3.63) is 102 Å². The first kappa shape index (κ1) is 20.7. The van der Waals surface area contributed by atoms with E-state index in [1.807, 2.05) is 54.6 Å². The van der Waals surface area contributed by atoms with Gasteiger partial charge >= 0.3 is 0 Å². The van der Waals surface area contributed by atoms with Gasteiger partial charge in [-0.25, -0.2) is 0 Å². The number of aliphatic imine (C=N–C) groups is 1. The second kappa shape index (κ2) is 8.48. The first-order chi connectivity index (χ1) is 16.7. The fourth-order valence-corrected chi connectivity index (χ4v) is 5.52. The maximum atomic E-state index is 12.7. The maximum absolute atomic E-state index is 12.7. The third-order valence-electron chi connectivity index (χ3n) is 5.32. The van der Waals surface area contributed by atoms with Crippen LogP contribution in [0.15, 0.2) is 115 Å². The smallest absolute Gasteiger partial charge is 0.283 e. The van der Waals surface area contributed by atoms with E-state index in [1.54, 1.807) is 12.1 Å². The average molecular weight is 481 g/mol. The van der Waals surface area contributed by atoms with Gasteiger partial charge in [-0.2, -0.15) is 15.1 Å². The van der Waals surface area contributed by atoms with Gasteiger partial charge in [0.2, 0.25) is 5.17 Å². The van der Waals surface area contributed by atoms with E-state index in [9.17, 15) is 4.79 Å². The second-order valence-corrected chi connectivity index (χ2v) is 9.53. The summed E-state index contributed by atoms with van der Waals surface area (Å²) in [7, 11) is 0. The number of amidine groups is 2. The van der Waals surface area contributed by atoms with E-state index in [1.165, 1.54) is 28.5 Å². The Morgan fingerprint density at radius 3 is 2.62 bits per heavy atom. The van der Waals surface area contributed by atoms with E-state index in [-0.39, 0.29) is 11.4 Å². The molecule has 4 aromatic rings. The van der Waals surface area contributed by atoms with Crippen LogP contribution in [0, 0.1) is 5.41 Å². The van der Waals surface area contributed by atoms with Crippen LogP contribution in [0.1, 0.15) is 11.3 Å². The lowest BCUT2D eigenvalue weighted by Crippen LogP contribution is -2.35. The zero-order valence-electron chi connectivity index (χ0n) is 17.6. The van der Waals surface area contributed by atoms with Crippen molar-refractivity contribution < 1.29 is 9.21 Å². The Morgan fingerprint density at radius 2 is 1.74 bits per heavy atom. The van der Waals surface area contributed by atoms with Gasteiger partial charge in [0.15, 0.2) is 10.9 Å². The number of hydrogen-bond donors (Lipinski definition) is 1. The van der Waals surface area contributed by atoms with Gasteiger partial charge in [-0.15, -0.1) is 0 Å². The van der Waals surface area contributed by atoms with Gasteiger partial charge in [0.05, 0.1) is 5.57 Å². The number of nitrogens with zero attached hydrogens (tertiary/aromatic N) is 3. The highest BCUT2D eigenvalue weighted by molar-refractivity contribution is 8.27. The molecule has 1 aromatic heterocycles. The number of nitrogens with one attached hydrogen (secondary N) is 1. The lowest BCUT2D eigenvalue weighted by atomic mass is 10.1. The molecule has 164 valence electrons. The van der Waals surface area contributed by atoms with Gasteiger partial charge in [-0.3, -0.25) is 10.2 Å². The third kappa shape index (κ3) is 3.76. The van der Waals surface area contributed by atoms with Crippen molar-refractivity contribution in [1.82, 2.24) is 5.01 Å². The van der Waals surface area contributed by atoms with Crippen LogP contribution in [-0.4, -0.2) is 27.0 Å². The first-order valence-electron chi connectivity index (χ1n) is 10.5. The Bertz CT molecular complexity index is 1550. The molecule has 3 heterocycles. The highest BCUT2D eigenvalue weighted by atomic mass is 32.2. The lowest BCUT2D eigenvalue weighted by Gasteiger charge is -2.19. The largest absolute Gasteiger partial charge is 0.450 e. The Labute approximate surface area is 203 Å². The topological polar surface area (TPSA) is 82.0 Å². The van der Waals surface area contributed by atoms with Crippen LogP contribution in [0.3, 0.4) is 0 Å². The molecule has 1 N–H and O–H groups in total. The summed E-state index contributed by atoms with van der Waals surface area (Å²) in [5.41, 5.74) is 1.05. The summed E-state index contributed by atoms with van der Waals surface area (Å²) >= 11 is 2.80. The molecule has 0 bridgehead atoms. The van der Waals surface area contributed by atoms with Crippen molar-refractivity contribution in [2.75, 3.05) is 0 Å². The number of carbonyl (C=O) groups is 1. The van der Waals surface area contributed by atoms with Crippen LogP contribution in [0.4, 0.5) is 0 Å². The molecule has 6 rings (SSSR count). The minimum absolute atomic E-state index is 0.0203. The van der Waals surface area contributed by atoms with Crippen LogP contribution in [-0.2, 0) is 4.79 Å². The van der Waals surface area contributed by atoms with Gasteiger partial charge in [0.1, 0.15) is 10.8 Å².